The van der Waals surface area contributed by atoms with Crippen LogP contribution in [0.3, 0.4) is 0 Å². The van der Waals surface area contributed by atoms with Gasteiger partial charge < -0.3 is 9.30 Å². The number of aromatic nitrogens is 2. The number of piperidine rings is 1. The van der Waals surface area contributed by atoms with Gasteiger partial charge in [-0.15, -0.1) is 0 Å². The molecule has 0 bridgehead atoms. The Bertz CT molecular complexity index is 628. The van der Waals surface area contributed by atoms with E-state index in [2.05, 4.69) is 4.98 Å². The zero-order valence-electron chi connectivity index (χ0n) is 12.0. The number of esters is 1. The molecule has 1 aliphatic rings. The van der Waals surface area contributed by atoms with E-state index in [9.17, 15) is 13.2 Å². The number of imidazole rings is 1. The van der Waals surface area contributed by atoms with E-state index < -0.39 is 22.0 Å². The number of rotatable bonds is 4. The van der Waals surface area contributed by atoms with Gasteiger partial charge in [-0.05, 0) is 26.2 Å². The molecule has 1 unspecified atom stereocenters. The van der Waals surface area contributed by atoms with Gasteiger partial charge in [0.05, 0.1) is 12.9 Å². The molecule has 7 nitrogen and oxygen atoms in total. The average molecular weight is 336 g/mol. The van der Waals surface area contributed by atoms with Crippen molar-refractivity contribution in [3.63, 3.8) is 0 Å². The van der Waals surface area contributed by atoms with Gasteiger partial charge >= 0.3 is 5.97 Å². The second-order valence-electron chi connectivity index (χ2n) is 4.83. The molecule has 1 aromatic heterocycles. The SMILES string of the molecule is CCOC(=O)C1CCCCN1S(=O)(=O)c1ncn(C)c1Cl. The van der Waals surface area contributed by atoms with Gasteiger partial charge in [0.1, 0.15) is 11.2 Å². The molecule has 0 saturated carbocycles. The number of ether oxygens (including phenoxy) is 1. The maximum atomic E-state index is 12.7. The third-order valence-corrected chi connectivity index (χ3v) is 5.80. The number of hydrogen-bond donors (Lipinski definition) is 0. The van der Waals surface area contributed by atoms with Crippen LogP contribution in [-0.4, -0.2) is 47.4 Å². The highest BCUT2D eigenvalue weighted by molar-refractivity contribution is 7.89. The highest BCUT2D eigenvalue weighted by atomic mass is 35.5. The van der Waals surface area contributed by atoms with Crippen molar-refractivity contribution in [2.45, 2.75) is 37.3 Å². The Balaban J connectivity index is 2.36. The predicted molar refractivity (Wildman–Crippen MR) is 76.4 cm³/mol. The molecule has 2 rings (SSSR count). The summed E-state index contributed by atoms with van der Waals surface area (Å²) in [5.41, 5.74) is 0. The van der Waals surface area contributed by atoms with Crippen LogP contribution in [0.25, 0.3) is 0 Å². The van der Waals surface area contributed by atoms with E-state index in [0.717, 1.165) is 10.7 Å². The number of carbonyl (C=O) groups is 1. The van der Waals surface area contributed by atoms with E-state index in [4.69, 9.17) is 16.3 Å². The molecular weight excluding hydrogens is 318 g/mol. The van der Waals surface area contributed by atoms with Crippen LogP contribution < -0.4 is 0 Å². The minimum absolute atomic E-state index is 0.0307. The van der Waals surface area contributed by atoms with Gasteiger partial charge in [0.25, 0.3) is 10.0 Å². The van der Waals surface area contributed by atoms with Gasteiger partial charge in [-0.1, -0.05) is 11.6 Å². The molecule has 0 aromatic carbocycles. The Morgan fingerprint density at radius 2 is 2.24 bits per heavy atom. The predicted octanol–water partition coefficient (Wildman–Crippen LogP) is 1.18. The molecular formula is C12H18ClN3O4S. The normalized spacial score (nSPS) is 20.4. The second kappa shape index (κ2) is 6.33. The van der Waals surface area contributed by atoms with Crippen molar-refractivity contribution in [1.29, 1.82) is 0 Å². The zero-order valence-corrected chi connectivity index (χ0v) is 13.5. The molecule has 0 aliphatic carbocycles. The lowest BCUT2D eigenvalue weighted by Gasteiger charge is -2.32. The minimum atomic E-state index is -3.92. The van der Waals surface area contributed by atoms with Gasteiger partial charge in [-0.3, -0.25) is 4.79 Å². The largest absolute Gasteiger partial charge is 0.465 e. The van der Waals surface area contributed by atoms with Gasteiger partial charge in [0, 0.05) is 13.6 Å². The molecule has 1 saturated heterocycles. The smallest absolute Gasteiger partial charge is 0.324 e. The van der Waals surface area contributed by atoms with Gasteiger partial charge in [0.2, 0.25) is 5.03 Å². The molecule has 9 heteroatoms. The molecule has 118 valence electrons. The lowest BCUT2D eigenvalue weighted by molar-refractivity contribution is -0.148. The standard InChI is InChI=1S/C12H18ClN3O4S/c1-3-20-12(17)9-6-4-5-7-16(9)21(18,19)11-10(13)15(2)8-14-11/h8-9H,3-7H2,1-2H3. The maximum Gasteiger partial charge on any atom is 0.324 e. The average Bonchev–Trinajstić information content (AvgIpc) is 2.80. The first-order valence-corrected chi connectivity index (χ1v) is 8.56. The second-order valence-corrected chi connectivity index (χ2v) is 6.99. The topological polar surface area (TPSA) is 81.5 Å². The number of carbonyl (C=O) groups excluding carboxylic acids is 1. The molecule has 1 aliphatic heterocycles. The van der Waals surface area contributed by atoms with Gasteiger partial charge in [-0.2, -0.15) is 4.31 Å². The van der Waals surface area contributed by atoms with Crippen molar-refractivity contribution in [2.75, 3.05) is 13.2 Å². The number of aryl methyl sites for hydroxylation is 1. The fraction of sp³-hybridized carbons (Fsp3) is 0.667. The summed E-state index contributed by atoms with van der Waals surface area (Å²) in [6.45, 7) is 2.17. The summed E-state index contributed by atoms with van der Waals surface area (Å²) in [4.78, 5) is 15.8. The van der Waals surface area contributed by atoms with Crippen LogP contribution in [0.4, 0.5) is 0 Å². The van der Waals surface area contributed by atoms with Crippen LogP contribution >= 0.6 is 11.6 Å². The Labute approximate surface area is 128 Å². The van der Waals surface area contributed by atoms with Crippen molar-refractivity contribution < 1.29 is 17.9 Å². The van der Waals surface area contributed by atoms with Crippen molar-refractivity contribution in [3.8, 4) is 0 Å². The lowest BCUT2D eigenvalue weighted by Crippen LogP contribution is -2.48. The molecule has 2 heterocycles. The van der Waals surface area contributed by atoms with Crippen LogP contribution in [-0.2, 0) is 26.6 Å². The summed E-state index contributed by atoms with van der Waals surface area (Å²) in [6, 6.07) is -0.804. The van der Waals surface area contributed by atoms with E-state index in [1.54, 1.807) is 14.0 Å². The first-order valence-electron chi connectivity index (χ1n) is 6.75. The fourth-order valence-corrected chi connectivity index (χ4v) is 4.38. The highest BCUT2D eigenvalue weighted by Crippen LogP contribution is 2.28. The van der Waals surface area contributed by atoms with E-state index in [1.165, 1.54) is 10.9 Å². The molecule has 0 radical (unpaired) electrons. The number of halogens is 1. The highest BCUT2D eigenvalue weighted by Gasteiger charge is 2.40. The summed E-state index contributed by atoms with van der Waals surface area (Å²) in [7, 11) is -2.31. The summed E-state index contributed by atoms with van der Waals surface area (Å²) < 4.78 is 32.9. The van der Waals surface area contributed by atoms with Crippen LogP contribution in [0.2, 0.25) is 5.15 Å². The zero-order chi connectivity index (χ0) is 15.6. The van der Waals surface area contributed by atoms with Crippen molar-refractivity contribution in [3.05, 3.63) is 11.5 Å². The summed E-state index contributed by atoms with van der Waals surface area (Å²) in [5.74, 6) is -0.521. The monoisotopic (exact) mass is 335 g/mol. The van der Waals surface area contributed by atoms with Crippen molar-refractivity contribution in [2.24, 2.45) is 7.05 Å². The Kier molecular flexibility index (Phi) is 4.90. The van der Waals surface area contributed by atoms with Crippen LogP contribution in [0.1, 0.15) is 26.2 Å². The molecule has 0 amide bonds. The first kappa shape index (κ1) is 16.3. The van der Waals surface area contributed by atoms with Gasteiger partial charge in [-0.25, -0.2) is 13.4 Å². The lowest BCUT2D eigenvalue weighted by atomic mass is 10.1. The van der Waals surface area contributed by atoms with E-state index in [0.29, 0.717) is 12.8 Å². The summed E-state index contributed by atoms with van der Waals surface area (Å²) >= 11 is 5.98. The van der Waals surface area contributed by atoms with Gasteiger partial charge in [0.15, 0.2) is 0 Å². The van der Waals surface area contributed by atoms with Crippen LogP contribution in [0.5, 0.6) is 0 Å². The molecule has 0 spiro atoms. The fourth-order valence-electron chi connectivity index (χ4n) is 2.34. The summed E-state index contributed by atoms with van der Waals surface area (Å²) in [6.07, 6.45) is 3.26. The van der Waals surface area contributed by atoms with Crippen LogP contribution in [0.15, 0.2) is 11.4 Å². The maximum absolute atomic E-state index is 12.7. The molecule has 21 heavy (non-hydrogen) atoms. The first-order chi connectivity index (χ1) is 9.89. The Morgan fingerprint density at radius 1 is 1.52 bits per heavy atom. The molecule has 1 fully saturated rings. The Morgan fingerprint density at radius 3 is 2.81 bits per heavy atom. The molecule has 1 aromatic rings. The van der Waals surface area contributed by atoms with Crippen LogP contribution in [0, 0.1) is 0 Å². The van der Waals surface area contributed by atoms with Crippen molar-refractivity contribution in [1.82, 2.24) is 13.9 Å². The van der Waals surface area contributed by atoms with E-state index >= 15 is 0 Å². The van der Waals surface area contributed by atoms with E-state index in [-0.39, 0.29) is 23.3 Å². The van der Waals surface area contributed by atoms with E-state index in [1.807, 2.05) is 0 Å². The van der Waals surface area contributed by atoms with Crippen molar-refractivity contribution >= 4 is 27.6 Å². The number of nitrogens with zero attached hydrogens (tertiary/aromatic N) is 3. The quantitative estimate of drug-likeness (QED) is 0.772. The number of sulfonamides is 1. The summed E-state index contributed by atoms with van der Waals surface area (Å²) in [5, 5.41) is -0.189. The Hall–Kier alpha value is -1.12. The molecule has 0 N–H and O–H groups in total. The molecule has 1 atom stereocenters. The third kappa shape index (κ3) is 3.07. The minimum Gasteiger partial charge on any atom is -0.465 e. The third-order valence-electron chi connectivity index (χ3n) is 3.40. The number of hydrogen-bond acceptors (Lipinski definition) is 5.